The summed E-state index contributed by atoms with van der Waals surface area (Å²) in [5, 5.41) is 14.6. The number of benzene rings is 2. The Kier molecular flexibility index (Phi) is 5.53. The third-order valence-electron chi connectivity index (χ3n) is 6.88. The molecule has 0 spiro atoms. The monoisotopic (exact) mass is 490 g/mol. The highest BCUT2D eigenvalue weighted by atomic mass is 35.5. The summed E-state index contributed by atoms with van der Waals surface area (Å²) in [7, 11) is 2.10. The molecule has 3 aromatic rings. The van der Waals surface area contributed by atoms with E-state index >= 15 is 0 Å². The number of thiocarbonyl (C=S) groups is 1. The van der Waals surface area contributed by atoms with Crippen molar-refractivity contribution in [3.8, 4) is 5.75 Å². The lowest BCUT2D eigenvalue weighted by Gasteiger charge is -2.41. The number of halogens is 1. The number of nitrogens with one attached hydrogen (secondary N) is 1. The summed E-state index contributed by atoms with van der Waals surface area (Å²) in [6.07, 6.45) is 4.08. The Labute approximate surface area is 210 Å². The second-order valence-corrected chi connectivity index (χ2v) is 10.2. The zero-order valence-corrected chi connectivity index (χ0v) is 21.2. The fourth-order valence-electron chi connectivity index (χ4n) is 4.98. The maximum atomic E-state index is 9.84. The molecule has 2 aliphatic heterocycles. The average Bonchev–Trinajstić information content (AvgIpc) is 3.15. The minimum atomic E-state index is -0.224. The maximum Gasteiger partial charge on any atom is 0.174 e. The SMILES string of the molecule is CC1=CC(C)(C)N(C)c2cc(Cl)c([C@H]3[C@H](c4ccccn4)NC(=S)N3c3ccc(O)cc3)cc21. The van der Waals surface area contributed by atoms with Gasteiger partial charge in [-0.1, -0.05) is 23.7 Å². The van der Waals surface area contributed by atoms with Crippen LogP contribution in [-0.4, -0.2) is 27.8 Å². The molecule has 1 saturated heterocycles. The number of phenols is 1. The highest BCUT2D eigenvalue weighted by molar-refractivity contribution is 7.80. The lowest BCUT2D eigenvalue weighted by atomic mass is 9.86. The van der Waals surface area contributed by atoms with E-state index < -0.39 is 0 Å². The lowest BCUT2D eigenvalue weighted by molar-refractivity contribution is 0.475. The highest BCUT2D eigenvalue weighted by Crippen LogP contribution is 2.47. The molecule has 0 aliphatic carbocycles. The van der Waals surface area contributed by atoms with E-state index in [1.165, 1.54) is 5.57 Å². The maximum absolute atomic E-state index is 9.84. The first-order chi connectivity index (χ1) is 16.2. The van der Waals surface area contributed by atoms with Crippen molar-refractivity contribution in [1.82, 2.24) is 10.3 Å². The molecule has 1 aromatic heterocycles. The van der Waals surface area contributed by atoms with Gasteiger partial charge in [-0.25, -0.2) is 0 Å². The van der Waals surface area contributed by atoms with Gasteiger partial charge in [-0.05, 0) is 92.7 Å². The molecule has 3 heterocycles. The number of hydrogen-bond donors (Lipinski definition) is 2. The minimum Gasteiger partial charge on any atom is -0.508 e. The number of likely N-dealkylation sites (N-methyl/N-ethyl adjacent to an activating group) is 1. The van der Waals surface area contributed by atoms with Gasteiger partial charge in [0.05, 0.1) is 23.3 Å². The molecule has 2 aromatic carbocycles. The number of fused-ring (bicyclic) bond motifs is 1. The molecule has 0 unspecified atom stereocenters. The predicted octanol–water partition coefficient (Wildman–Crippen LogP) is 6.25. The summed E-state index contributed by atoms with van der Waals surface area (Å²) in [6.45, 7) is 6.55. The third-order valence-corrected chi connectivity index (χ3v) is 7.52. The Bertz CT molecular complexity index is 1290. The van der Waals surface area contributed by atoms with Crippen molar-refractivity contribution in [3.05, 3.63) is 88.7 Å². The van der Waals surface area contributed by atoms with E-state index in [1.54, 1.807) is 18.3 Å². The Balaban J connectivity index is 1.70. The first-order valence-corrected chi connectivity index (χ1v) is 12.0. The Hall–Kier alpha value is -3.09. The van der Waals surface area contributed by atoms with Crippen molar-refractivity contribution in [2.24, 2.45) is 0 Å². The molecule has 34 heavy (non-hydrogen) atoms. The van der Waals surface area contributed by atoms with Crippen LogP contribution in [-0.2, 0) is 0 Å². The van der Waals surface area contributed by atoms with Gasteiger partial charge in [0.15, 0.2) is 5.11 Å². The van der Waals surface area contributed by atoms with Crippen molar-refractivity contribution in [2.75, 3.05) is 16.8 Å². The smallest absolute Gasteiger partial charge is 0.174 e. The summed E-state index contributed by atoms with van der Waals surface area (Å²) in [5.74, 6) is 0.206. The molecular weight excluding hydrogens is 464 g/mol. The van der Waals surface area contributed by atoms with E-state index in [-0.39, 0.29) is 23.4 Å². The van der Waals surface area contributed by atoms with Crippen molar-refractivity contribution in [1.29, 1.82) is 0 Å². The van der Waals surface area contributed by atoms with E-state index in [0.29, 0.717) is 10.1 Å². The number of anilines is 2. The fourth-order valence-corrected chi connectivity index (χ4v) is 5.59. The predicted molar refractivity (Wildman–Crippen MR) is 144 cm³/mol. The fraction of sp³-hybridized carbons (Fsp3) is 0.259. The number of phenolic OH excluding ortho intramolecular Hbond substituents is 1. The van der Waals surface area contributed by atoms with Crippen LogP contribution in [0.2, 0.25) is 5.02 Å². The van der Waals surface area contributed by atoms with Crippen LogP contribution in [0.15, 0.2) is 66.9 Å². The Morgan fingerprint density at radius 3 is 2.53 bits per heavy atom. The summed E-state index contributed by atoms with van der Waals surface area (Å²) in [6, 6.07) is 16.8. The van der Waals surface area contributed by atoms with Crippen molar-refractivity contribution in [2.45, 2.75) is 38.4 Å². The number of hydrogen-bond acceptors (Lipinski definition) is 4. The van der Waals surface area contributed by atoms with Gasteiger partial charge in [0.25, 0.3) is 0 Å². The molecular formula is C27H27ClN4OS. The van der Waals surface area contributed by atoms with Gasteiger partial charge in [0.1, 0.15) is 5.75 Å². The minimum absolute atomic E-state index is 0.104. The van der Waals surface area contributed by atoms with Gasteiger partial charge in [-0.3, -0.25) is 4.98 Å². The molecule has 5 nitrogen and oxygen atoms in total. The standard InChI is InChI=1S/C27H27ClN4OS/c1-16-15-27(2,3)31(4)23-14-21(28)20(13-19(16)23)25-24(22-7-5-6-12-29-22)30-26(34)32(25)17-8-10-18(33)11-9-17/h5-15,24-25,33H,1-4H3,(H,30,34)/t24-,25-/m0/s1. The van der Waals surface area contributed by atoms with Gasteiger partial charge in [0.2, 0.25) is 0 Å². The zero-order chi connectivity index (χ0) is 24.2. The van der Waals surface area contributed by atoms with E-state index in [0.717, 1.165) is 28.2 Å². The number of aromatic nitrogens is 1. The normalized spacial score (nSPS) is 21.2. The first kappa shape index (κ1) is 22.7. The van der Waals surface area contributed by atoms with Crippen LogP contribution in [0.25, 0.3) is 5.57 Å². The number of allylic oxidation sites excluding steroid dienone is 1. The number of nitrogens with zero attached hydrogens (tertiary/aromatic N) is 3. The molecule has 0 amide bonds. The lowest BCUT2D eigenvalue weighted by Crippen LogP contribution is -2.42. The third kappa shape index (κ3) is 3.71. The van der Waals surface area contributed by atoms with E-state index in [2.05, 4.69) is 66.1 Å². The zero-order valence-electron chi connectivity index (χ0n) is 19.6. The molecule has 2 aliphatic rings. The Morgan fingerprint density at radius 1 is 1.12 bits per heavy atom. The summed E-state index contributed by atoms with van der Waals surface area (Å²) in [4.78, 5) is 8.95. The van der Waals surface area contributed by atoms with Crippen molar-refractivity contribution < 1.29 is 5.11 Å². The molecule has 0 saturated carbocycles. The second kappa shape index (κ2) is 8.29. The topological polar surface area (TPSA) is 51.6 Å². The van der Waals surface area contributed by atoms with Crippen molar-refractivity contribution in [3.63, 3.8) is 0 Å². The van der Waals surface area contributed by atoms with E-state index in [9.17, 15) is 5.11 Å². The molecule has 2 N–H and O–H groups in total. The molecule has 1 fully saturated rings. The summed E-state index contributed by atoms with van der Waals surface area (Å²) < 4.78 is 0. The van der Waals surface area contributed by atoms with E-state index in [4.69, 9.17) is 23.8 Å². The van der Waals surface area contributed by atoms with Crippen LogP contribution in [0.4, 0.5) is 11.4 Å². The number of aromatic hydroxyl groups is 1. The van der Waals surface area contributed by atoms with E-state index in [1.807, 2.05) is 30.3 Å². The molecule has 2 atom stereocenters. The average molecular weight is 491 g/mol. The van der Waals surface area contributed by atoms with Gasteiger partial charge in [0, 0.05) is 35.2 Å². The first-order valence-electron chi connectivity index (χ1n) is 11.2. The quantitative estimate of drug-likeness (QED) is 0.423. The molecule has 0 bridgehead atoms. The van der Waals surface area contributed by atoms with Crippen LogP contribution in [0, 0.1) is 0 Å². The molecule has 5 rings (SSSR count). The number of rotatable bonds is 3. The van der Waals surface area contributed by atoms with Crippen LogP contribution in [0.5, 0.6) is 5.75 Å². The van der Waals surface area contributed by atoms with Gasteiger partial charge >= 0.3 is 0 Å². The summed E-state index contributed by atoms with van der Waals surface area (Å²) >= 11 is 12.8. The second-order valence-electron chi connectivity index (χ2n) is 9.44. The molecule has 0 radical (unpaired) electrons. The number of pyridine rings is 1. The molecule has 174 valence electrons. The molecule has 7 heteroatoms. The van der Waals surface area contributed by atoms with Gasteiger partial charge in [-0.15, -0.1) is 0 Å². The van der Waals surface area contributed by atoms with Crippen LogP contribution in [0.3, 0.4) is 0 Å². The van der Waals surface area contributed by atoms with Crippen LogP contribution < -0.4 is 15.1 Å². The Morgan fingerprint density at radius 2 is 1.85 bits per heavy atom. The van der Waals surface area contributed by atoms with Gasteiger partial charge < -0.3 is 20.2 Å². The van der Waals surface area contributed by atoms with Crippen LogP contribution >= 0.6 is 23.8 Å². The van der Waals surface area contributed by atoms with Gasteiger partial charge in [-0.2, -0.15) is 0 Å². The van der Waals surface area contributed by atoms with Crippen molar-refractivity contribution >= 4 is 45.9 Å². The highest BCUT2D eigenvalue weighted by Gasteiger charge is 2.42. The summed E-state index contributed by atoms with van der Waals surface area (Å²) in [5.41, 5.74) is 6.11. The van der Waals surface area contributed by atoms with Crippen LogP contribution in [0.1, 0.15) is 49.7 Å². The largest absolute Gasteiger partial charge is 0.508 e.